The van der Waals surface area contributed by atoms with Crippen molar-refractivity contribution in [3.63, 3.8) is 0 Å². The monoisotopic (exact) mass is 458 g/mol. The van der Waals surface area contributed by atoms with E-state index >= 15 is 0 Å². The average Bonchev–Trinajstić information content (AvgIpc) is 2.80. The second-order valence-corrected chi connectivity index (χ2v) is 6.66. The van der Waals surface area contributed by atoms with Crippen molar-refractivity contribution in [2.75, 3.05) is 20.8 Å². The van der Waals surface area contributed by atoms with Gasteiger partial charge in [-0.1, -0.05) is 24.3 Å². The molecule has 0 unspecified atom stereocenters. The number of hydrogen-bond donors (Lipinski definition) is 1. The predicted molar refractivity (Wildman–Crippen MR) is 120 cm³/mol. The molecule has 0 heterocycles. The Labute approximate surface area is 190 Å². The number of halogens is 2. The minimum Gasteiger partial charge on any atom is -0.508 e. The Kier molecular flexibility index (Phi) is 9.35. The van der Waals surface area contributed by atoms with Crippen molar-refractivity contribution < 1.29 is 37.7 Å². The van der Waals surface area contributed by atoms with E-state index in [1.54, 1.807) is 13.0 Å². The Balaban J connectivity index is 2.33. The minimum atomic E-state index is -0.701. The third-order valence-electron chi connectivity index (χ3n) is 4.44. The van der Waals surface area contributed by atoms with E-state index < -0.39 is 35.6 Å². The molecular weight excluding hydrogens is 434 g/mol. The summed E-state index contributed by atoms with van der Waals surface area (Å²) in [6, 6.07) is 8.19. The summed E-state index contributed by atoms with van der Waals surface area (Å²) in [5.41, 5.74) is 0.654. The van der Waals surface area contributed by atoms with Gasteiger partial charge in [-0.3, -0.25) is 9.59 Å². The molecule has 0 saturated heterocycles. The van der Waals surface area contributed by atoms with Crippen LogP contribution in [0, 0.1) is 11.6 Å². The molecule has 0 aliphatic heterocycles. The van der Waals surface area contributed by atoms with Crippen LogP contribution in [-0.4, -0.2) is 37.7 Å². The Bertz CT molecular complexity index is 1100. The molecule has 0 spiro atoms. The maximum atomic E-state index is 13.9. The van der Waals surface area contributed by atoms with E-state index in [1.807, 2.05) is 0 Å². The number of methoxy groups -OCH3 is 2. The molecule has 0 atom stereocenters. The van der Waals surface area contributed by atoms with E-state index in [9.17, 15) is 23.5 Å². The number of aliphatic hydroxyl groups is 1. The van der Waals surface area contributed by atoms with Crippen LogP contribution in [0.5, 0.6) is 11.5 Å². The molecule has 0 saturated carbocycles. The normalized spacial score (nSPS) is 12.0. The van der Waals surface area contributed by atoms with Gasteiger partial charge in [0.2, 0.25) is 0 Å². The van der Waals surface area contributed by atoms with Crippen LogP contribution in [0.4, 0.5) is 8.78 Å². The maximum absolute atomic E-state index is 13.9. The topological polar surface area (TPSA) is 82.1 Å². The van der Waals surface area contributed by atoms with Gasteiger partial charge in [0, 0.05) is 0 Å². The molecule has 0 bridgehead atoms. The standard InChI is InChI=1S/C25H24F2O6/c1-4-33-25(30)15-18(21(28)10-6-16-8-12-23(31-2)20(27)13-16)22(29)11-7-17-5-9-19(26)24(14-17)32-3/h5-14,28H,4,15H2,1-3H3/b10-6+,11-7?,21-18?. The van der Waals surface area contributed by atoms with Crippen LogP contribution in [0.1, 0.15) is 24.5 Å². The Hall–Kier alpha value is -3.94. The number of allylic oxidation sites excluding steroid dienone is 2. The zero-order valence-electron chi connectivity index (χ0n) is 18.4. The molecule has 0 amide bonds. The summed E-state index contributed by atoms with van der Waals surface area (Å²) in [5.74, 6) is -2.92. The fourth-order valence-corrected chi connectivity index (χ4v) is 2.77. The first-order valence-corrected chi connectivity index (χ1v) is 9.94. The molecule has 8 heteroatoms. The SMILES string of the molecule is CCOC(=O)CC(C(=O)C=Cc1ccc(F)c(OC)c1)=C(O)/C=C/c1ccc(OC)c(F)c1. The molecule has 33 heavy (non-hydrogen) atoms. The van der Waals surface area contributed by atoms with E-state index in [1.165, 1.54) is 62.8 Å². The molecule has 2 aromatic rings. The van der Waals surface area contributed by atoms with Crippen LogP contribution in [0.15, 0.2) is 59.9 Å². The number of benzene rings is 2. The van der Waals surface area contributed by atoms with Crippen LogP contribution >= 0.6 is 0 Å². The zero-order chi connectivity index (χ0) is 24.4. The van der Waals surface area contributed by atoms with Crippen molar-refractivity contribution in [2.24, 2.45) is 0 Å². The van der Waals surface area contributed by atoms with Crippen molar-refractivity contribution in [3.05, 3.63) is 82.6 Å². The molecule has 0 aliphatic rings. The summed E-state index contributed by atoms with van der Waals surface area (Å²) >= 11 is 0. The first-order chi connectivity index (χ1) is 15.8. The first kappa shape index (κ1) is 25.3. The third kappa shape index (κ3) is 7.31. The van der Waals surface area contributed by atoms with Crippen molar-refractivity contribution in [1.82, 2.24) is 0 Å². The second-order valence-electron chi connectivity index (χ2n) is 6.66. The lowest BCUT2D eigenvalue weighted by molar-refractivity contribution is -0.142. The van der Waals surface area contributed by atoms with Gasteiger partial charge in [-0.25, -0.2) is 8.78 Å². The summed E-state index contributed by atoms with van der Waals surface area (Å²) in [4.78, 5) is 24.7. The van der Waals surface area contributed by atoms with Crippen LogP contribution in [-0.2, 0) is 14.3 Å². The molecular formula is C25H24F2O6. The molecule has 174 valence electrons. The number of ether oxygens (including phenoxy) is 3. The van der Waals surface area contributed by atoms with Gasteiger partial charge in [-0.15, -0.1) is 0 Å². The van der Waals surface area contributed by atoms with Crippen molar-refractivity contribution in [2.45, 2.75) is 13.3 Å². The lowest BCUT2D eigenvalue weighted by atomic mass is 10.0. The van der Waals surface area contributed by atoms with Crippen LogP contribution in [0.3, 0.4) is 0 Å². The van der Waals surface area contributed by atoms with E-state index in [4.69, 9.17) is 14.2 Å². The minimum absolute atomic E-state index is 0.00407. The summed E-state index contributed by atoms with van der Waals surface area (Å²) in [6.45, 7) is 1.72. The summed E-state index contributed by atoms with van der Waals surface area (Å²) < 4.78 is 42.1. The number of hydrogen-bond acceptors (Lipinski definition) is 6. The van der Waals surface area contributed by atoms with E-state index in [0.717, 1.165) is 6.08 Å². The molecule has 0 aliphatic carbocycles. The van der Waals surface area contributed by atoms with Gasteiger partial charge in [0.05, 0.1) is 32.8 Å². The summed E-state index contributed by atoms with van der Waals surface area (Å²) in [6.07, 6.45) is 4.62. The molecule has 2 rings (SSSR count). The number of carbonyl (C=O) groups excluding carboxylic acids is 2. The van der Waals surface area contributed by atoms with Gasteiger partial charge in [-0.2, -0.15) is 0 Å². The van der Waals surface area contributed by atoms with Crippen molar-refractivity contribution >= 4 is 23.9 Å². The van der Waals surface area contributed by atoms with Gasteiger partial charge < -0.3 is 19.3 Å². The summed E-state index contributed by atoms with van der Waals surface area (Å²) in [5, 5.41) is 10.5. The molecule has 6 nitrogen and oxygen atoms in total. The Morgan fingerprint density at radius 1 is 0.909 bits per heavy atom. The Morgan fingerprint density at radius 2 is 1.55 bits per heavy atom. The van der Waals surface area contributed by atoms with Gasteiger partial charge in [0.1, 0.15) is 5.76 Å². The quantitative estimate of drug-likeness (QED) is 0.232. The smallest absolute Gasteiger partial charge is 0.310 e. The van der Waals surface area contributed by atoms with Crippen molar-refractivity contribution in [3.8, 4) is 11.5 Å². The molecule has 0 radical (unpaired) electrons. The molecule has 2 aromatic carbocycles. The summed E-state index contributed by atoms with van der Waals surface area (Å²) in [7, 11) is 2.65. The third-order valence-corrected chi connectivity index (χ3v) is 4.44. The molecule has 1 N–H and O–H groups in total. The predicted octanol–water partition coefficient (Wildman–Crippen LogP) is 5.04. The van der Waals surface area contributed by atoms with E-state index in [2.05, 4.69) is 0 Å². The van der Waals surface area contributed by atoms with E-state index in [0.29, 0.717) is 11.1 Å². The second kappa shape index (κ2) is 12.2. The number of carbonyl (C=O) groups is 2. The number of ketones is 1. The fraction of sp³-hybridized carbons (Fsp3) is 0.200. The number of aliphatic hydroxyl groups excluding tert-OH is 1. The van der Waals surface area contributed by atoms with Gasteiger partial charge in [0.25, 0.3) is 0 Å². The first-order valence-electron chi connectivity index (χ1n) is 9.94. The molecule has 0 aromatic heterocycles. The maximum Gasteiger partial charge on any atom is 0.310 e. The Morgan fingerprint density at radius 3 is 2.18 bits per heavy atom. The average molecular weight is 458 g/mol. The number of rotatable bonds is 10. The largest absolute Gasteiger partial charge is 0.508 e. The zero-order valence-corrected chi connectivity index (χ0v) is 18.4. The number of esters is 1. The fourth-order valence-electron chi connectivity index (χ4n) is 2.77. The van der Waals surface area contributed by atoms with Gasteiger partial charge >= 0.3 is 5.97 Å². The van der Waals surface area contributed by atoms with Crippen LogP contribution in [0.25, 0.3) is 12.2 Å². The lowest BCUT2D eigenvalue weighted by Gasteiger charge is -2.07. The van der Waals surface area contributed by atoms with Gasteiger partial charge in [0.15, 0.2) is 28.9 Å². The van der Waals surface area contributed by atoms with Crippen LogP contribution in [0.2, 0.25) is 0 Å². The highest BCUT2D eigenvalue weighted by atomic mass is 19.1. The molecule has 0 fully saturated rings. The van der Waals surface area contributed by atoms with Crippen molar-refractivity contribution in [1.29, 1.82) is 0 Å². The highest BCUT2D eigenvalue weighted by Gasteiger charge is 2.17. The highest BCUT2D eigenvalue weighted by molar-refractivity contribution is 6.09. The van der Waals surface area contributed by atoms with E-state index in [-0.39, 0.29) is 23.7 Å². The highest BCUT2D eigenvalue weighted by Crippen LogP contribution is 2.21. The van der Waals surface area contributed by atoms with Crippen LogP contribution < -0.4 is 9.47 Å². The van der Waals surface area contributed by atoms with Gasteiger partial charge in [-0.05, 0) is 54.5 Å². The lowest BCUT2D eigenvalue weighted by Crippen LogP contribution is -2.11.